The van der Waals surface area contributed by atoms with Gasteiger partial charge in [0.15, 0.2) is 11.2 Å². The standard InChI is InChI=1S/C21H24FN7O3/c22-16-5-3-14(4-6-16)12-29-19-17(25-26-29)20(30)24-18(23-19)15-2-1-7-28(13-15)21(31)27-8-10-32-11-9-27/h3-6,15H,1-2,7-13H2,(H,23,24,30). The first-order valence-electron chi connectivity index (χ1n) is 10.8. The Bertz CT molecular complexity index is 1170. The number of aromatic amines is 1. The van der Waals surface area contributed by atoms with Crippen LogP contribution in [0.25, 0.3) is 11.2 Å². The Balaban J connectivity index is 1.39. The Morgan fingerprint density at radius 2 is 1.94 bits per heavy atom. The molecule has 4 heterocycles. The van der Waals surface area contributed by atoms with Gasteiger partial charge in [-0.05, 0) is 30.5 Å². The Morgan fingerprint density at radius 3 is 2.72 bits per heavy atom. The maximum absolute atomic E-state index is 13.2. The van der Waals surface area contributed by atoms with E-state index in [4.69, 9.17) is 4.74 Å². The Hall–Kier alpha value is -3.34. The maximum atomic E-state index is 13.2. The van der Waals surface area contributed by atoms with Crippen LogP contribution < -0.4 is 5.56 Å². The maximum Gasteiger partial charge on any atom is 0.320 e. The van der Waals surface area contributed by atoms with Crippen LogP contribution in [0.1, 0.15) is 30.1 Å². The lowest BCUT2D eigenvalue weighted by Gasteiger charge is -2.37. The molecular weight excluding hydrogens is 417 g/mol. The minimum Gasteiger partial charge on any atom is -0.378 e. The Labute approximate surface area is 183 Å². The number of piperidine rings is 1. The fourth-order valence-corrected chi connectivity index (χ4v) is 4.27. The topological polar surface area (TPSA) is 109 Å². The average molecular weight is 441 g/mol. The molecule has 0 aliphatic carbocycles. The van der Waals surface area contributed by atoms with Gasteiger partial charge in [0.1, 0.15) is 11.6 Å². The van der Waals surface area contributed by atoms with Crippen LogP contribution in [0.5, 0.6) is 0 Å². The van der Waals surface area contributed by atoms with Gasteiger partial charge in [0.05, 0.1) is 19.8 Å². The zero-order chi connectivity index (χ0) is 22.1. The second-order valence-corrected chi connectivity index (χ2v) is 8.16. The normalized spacial score (nSPS) is 19.5. The number of rotatable bonds is 3. The summed E-state index contributed by atoms with van der Waals surface area (Å²) >= 11 is 0. The number of nitrogens with zero attached hydrogens (tertiary/aromatic N) is 6. The van der Waals surface area contributed by atoms with Gasteiger partial charge in [0, 0.05) is 32.1 Å². The van der Waals surface area contributed by atoms with Crippen LogP contribution in [0, 0.1) is 5.82 Å². The first-order chi connectivity index (χ1) is 15.6. The van der Waals surface area contributed by atoms with Crippen LogP contribution in [0.15, 0.2) is 29.1 Å². The van der Waals surface area contributed by atoms with Crippen LogP contribution in [0.2, 0.25) is 0 Å². The number of morpholine rings is 1. The molecule has 2 saturated heterocycles. The monoisotopic (exact) mass is 441 g/mol. The molecule has 2 amide bonds. The highest BCUT2D eigenvalue weighted by atomic mass is 19.1. The molecule has 1 atom stereocenters. The third kappa shape index (κ3) is 4.07. The van der Waals surface area contributed by atoms with Crippen molar-refractivity contribution in [3.63, 3.8) is 0 Å². The van der Waals surface area contributed by atoms with Gasteiger partial charge in [-0.25, -0.2) is 18.9 Å². The summed E-state index contributed by atoms with van der Waals surface area (Å²) in [6, 6.07) is 6.08. The van der Waals surface area contributed by atoms with Gasteiger partial charge in [0.25, 0.3) is 5.56 Å². The molecule has 0 radical (unpaired) electrons. The summed E-state index contributed by atoms with van der Waals surface area (Å²) in [7, 11) is 0. The van der Waals surface area contributed by atoms with E-state index in [2.05, 4.69) is 20.3 Å². The molecule has 5 rings (SSSR count). The molecule has 2 fully saturated rings. The van der Waals surface area contributed by atoms with Crippen molar-refractivity contribution in [1.29, 1.82) is 0 Å². The van der Waals surface area contributed by atoms with Gasteiger partial charge >= 0.3 is 6.03 Å². The van der Waals surface area contributed by atoms with Gasteiger partial charge < -0.3 is 19.5 Å². The summed E-state index contributed by atoms with van der Waals surface area (Å²) in [4.78, 5) is 36.7. The third-order valence-electron chi connectivity index (χ3n) is 6.00. The summed E-state index contributed by atoms with van der Waals surface area (Å²) in [6.45, 7) is 3.79. The summed E-state index contributed by atoms with van der Waals surface area (Å²) in [5, 5.41) is 8.04. The number of fused-ring (bicyclic) bond motifs is 1. The third-order valence-corrected chi connectivity index (χ3v) is 6.00. The number of H-pyrrole nitrogens is 1. The molecule has 168 valence electrons. The van der Waals surface area contributed by atoms with Crippen LogP contribution in [-0.2, 0) is 11.3 Å². The molecule has 2 aromatic heterocycles. The van der Waals surface area contributed by atoms with Crippen LogP contribution >= 0.6 is 0 Å². The van der Waals surface area contributed by atoms with E-state index in [-0.39, 0.29) is 28.8 Å². The van der Waals surface area contributed by atoms with Crippen LogP contribution in [-0.4, -0.2) is 80.2 Å². The number of carbonyl (C=O) groups is 1. The molecule has 1 N–H and O–H groups in total. The zero-order valence-corrected chi connectivity index (χ0v) is 17.5. The molecule has 0 bridgehead atoms. The van der Waals surface area contributed by atoms with E-state index >= 15 is 0 Å². The molecule has 10 nitrogen and oxygen atoms in total. The molecule has 0 spiro atoms. The van der Waals surface area contributed by atoms with E-state index < -0.39 is 0 Å². The highest BCUT2D eigenvalue weighted by molar-refractivity contribution is 5.75. The van der Waals surface area contributed by atoms with Crippen molar-refractivity contribution in [3.8, 4) is 0 Å². The first kappa shape index (κ1) is 20.6. The highest BCUT2D eigenvalue weighted by Crippen LogP contribution is 2.25. The van der Waals surface area contributed by atoms with E-state index in [1.54, 1.807) is 16.8 Å². The van der Waals surface area contributed by atoms with Crippen molar-refractivity contribution in [1.82, 2.24) is 34.8 Å². The van der Waals surface area contributed by atoms with Crippen molar-refractivity contribution in [2.45, 2.75) is 25.3 Å². The molecular formula is C21H24FN7O3. The molecule has 0 saturated carbocycles. The number of likely N-dealkylation sites (tertiary alicyclic amines) is 1. The molecule has 2 aliphatic rings. The number of hydrogen-bond donors (Lipinski definition) is 1. The summed E-state index contributed by atoms with van der Waals surface area (Å²) in [6.07, 6.45) is 1.65. The highest BCUT2D eigenvalue weighted by Gasteiger charge is 2.30. The van der Waals surface area contributed by atoms with Crippen molar-refractivity contribution in [2.75, 3.05) is 39.4 Å². The molecule has 1 aromatic carbocycles. The van der Waals surface area contributed by atoms with Gasteiger partial charge in [-0.1, -0.05) is 17.3 Å². The fraction of sp³-hybridized carbons (Fsp3) is 0.476. The largest absolute Gasteiger partial charge is 0.378 e. The number of amides is 2. The molecule has 1 unspecified atom stereocenters. The van der Waals surface area contributed by atoms with E-state index in [0.29, 0.717) is 57.4 Å². The molecule has 3 aromatic rings. The number of ether oxygens (including phenoxy) is 1. The number of aromatic nitrogens is 5. The number of nitrogens with one attached hydrogen (secondary N) is 1. The summed E-state index contributed by atoms with van der Waals surface area (Å²) < 4.78 is 20.1. The van der Waals surface area contributed by atoms with Crippen molar-refractivity contribution < 1.29 is 13.9 Å². The van der Waals surface area contributed by atoms with Crippen molar-refractivity contribution in [2.24, 2.45) is 0 Å². The number of halogens is 1. The lowest BCUT2D eigenvalue weighted by molar-refractivity contribution is 0.0407. The fourth-order valence-electron chi connectivity index (χ4n) is 4.27. The van der Waals surface area contributed by atoms with Gasteiger partial charge in [-0.2, -0.15) is 0 Å². The Morgan fingerprint density at radius 1 is 1.16 bits per heavy atom. The van der Waals surface area contributed by atoms with Crippen molar-refractivity contribution >= 4 is 17.2 Å². The van der Waals surface area contributed by atoms with E-state index in [1.807, 2.05) is 9.80 Å². The Kier molecular flexibility index (Phi) is 5.56. The number of benzene rings is 1. The van der Waals surface area contributed by atoms with Crippen LogP contribution in [0.3, 0.4) is 0 Å². The minimum atomic E-state index is -0.355. The van der Waals surface area contributed by atoms with E-state index in [0.717, 1.165) is 18.4 Å². The second kappa shape index (κ2) is 8.65. The minimum absolute atomic E-state index is 0.00411. The van der Waals surface area contributed by atoms with Gasteiger partial charge in [-0.15, -0.1) is 5.10 Å². The zero-order valence-electron chi connectivity index (χ0n) is 17.5. The number of carbonyl (C=O) groups excluding carboxylic acids is 1. The molecule has 2 aliphatic heterocycles. The SMILES string of the molecule is O=C(N1CCOCC1)N1CCCC(c2nc3c(nnn3Cc3ccc(F)cc3)c(=O)[nH]2)C1. The number of hydrogen-bond acceptors (Lipinski definition) is 6. The second-order valence-electron chi connectivity index (χ2n) is 8.16. The van der Waals surface area contributed by atoms with E-state index in [1.165, 1.54) is 12.1 Å². The predicted molar refractivity (Wildman–Crippen MR) is 113 cm³/mol. The van der Waals surface area contributed by atoms with Gasteiger partial charge in [0.2, 0.25) is 0 Å². The number of urea groups is 1. The average Bonchev–Trinajstić information content (AvgIpc) is 3.24. The lowest BCUT2D eigenvalue weighted by atomic mass is 9.97. The quantitative estimate of drug-likeness (QED) is 0.657. The molecule has 32 heavy (non-hydrogen) atoms. The van der Waals surface area contributed by atoms with Crippen LogP contribution in [0.4, 0.5) is 9.18 Å². The summed E-state index contributed by atoms with van der Waals surface area (Å²) in [5.74, 6) is 0.132. The van der Waals surface area contributed by atoms with Gasteiger partial charge in [-0.3, -0.25) is 4.79 Å². The molecule has 11 heteroatoms. The first-order valence-corrected chi connectivity index (χ1v) is 10.8. The van der Waals surface area contributed by atoms with E-state index in [9.17, 15) is 14.0 Å². The lowest BCUT2D eigenvalue weighted by Crippen LogP contribution is -2.50. The predicted octanol–water partition coefficient (Wildman–Crippen LogP) is 1.33. The van der Waals surface area contributed by atoms with Crippen molar-refractivity contribution in [3.05, 3.63) is 51.8 Å². The smallest absolute Gasteiger partial charge is 0.320 e. The summed E-state index contributed by atoms with van der Waals surface area (Å²) in [5.41, 5.74) is 1.01.